The molecule has 2 aliphatic heterocycles. The molecule has 0 bridgehead atoms. The SMILES string of the molecule is CC1(C)NC(=O)C(C)(C)N(CC2CCCO2)C1=O. The van der Waals surface area contributed by atoms with Gasteiger partial charge in [-0.1, -0.05) is 0 Å². The molecule has 5 nitrogen and oxygen atoms in total. The summed E-state index contributed by atoms with van der Waals surface area (Å²) < 4.78 is 5.58. The van der Waals surface area contributed by atoms with Gasteiger partial charge in [-0.05, 0) is 40.5 Å². The fourth-order valence-electron chi connectivity index (χ4n) is 2.51. The van der Waals surface area contributed by atoms with Crippen molar-refractivity contribution in [2.45, 2.75) is 57.7 Å². The Bertz CT molecular complexity index is 370. The molecule has 2 rings (SSSR count). The molecule has 2 fully saturated rings. The Morgan fingerprint density at radius 3 is 2.56 bits per heavy atom. The van der Waals surface area contributed by atoms with E-state index in [-0.39, 0.29) is 17.9 Å². The van der Waals surface area contributed by atoms with Crippen molar-refractivity contribution in [2.24, 2.45) is 0 Å². The smallest absolute Gasteiger partial charge is 0.248 e. The topological polar surface area (TPSA) is 58.6 Å². The maximum atomic E-state index is 12.5. The van der Waals surface area contributed by atoms with Crippen LogP contribution in [0, 0.1) is 0 Å². The Hall–Kier alpha value is -1.10. The van der Waals surface area contributed by atoms with Gasteiger partial charge in [-0.15, -0.1) is 0 Å². The van der Waals surface area contributed by atoms with Crippen LogP contribution in [0.25, 0.3) is 0 Å². The second kappa shape index (κ2) is 4.23. The van der Waals surface area contributed by atoms with Crippen LogP contribution in [0.5, 0.6) is 0 Å². The zero-order valence-electron chi connectivity index (χ0n) is 11.6. The molecule has 102 valence electrons. The van der Waals surface area contributed by atoms with Gasteiger partial charge in [-0.2, -0.15) is 0 Å². The summed E-state index contributed by atoms with van der Waals surface area (Å²) >= 11 is 0. The highest BCUT2D eigenvalue weighted by atomic mass is 16.5. The van der Waals surface area contributed by atoms with Gasteiger partial charge in [0.15, 0.2) is 0 Å². The van der Waals surface area contributed by atoms with E-state index < -0.39 is 11.1 Å². The lowest BCUT2D eigenvalue weighted by Gasteiger charge is -2.48. The lowest BCUT2D eigenvalue weighted by molar-refractivity contribution is -0.161. The summed E-state index contributed by atoms with van der Waals surface area (Å²) in [5, 5.41) is 2.78. The van der Waals surface area contributed by atoms with Crippen molar-refractivity contribution in [1.82, 2.24) is 10.2 Å². The number of carbonyl (C=O) groups excluding carboxylic acids is 2. The lowest BCUT2D eigenvalue weighted by atomic mass is 9.89. The van der Waals surface area contributed by atoms with E-state index in [1.165, 1.54) is 0 Å². The van der Waals surface area contributed by atoms with Crippen molar-refractivity contribution < 1.29 is 14.3 Å². The van der Waals surface area contributed by atoms with Crippen LogP contribution in [0.1, 0.15) is 40.5 Å². The Balaban J connectivity index is 2.21. The van der Waals surface area contributed by atoms with Crippen molar-refractivity contribution >= 4 is 11.8 Å². The number of hydrogen-bond acceptors (Lipinski definition) is 3. The zero-order chi connectivity index (χ0) is 13.6. The standard InChI is InChI=1S/C13H22N2O3/c1-12(2)11(17)15(8-9-6-5-7-18-9)13(3,4)10(16)14-12/h9H,5-8H2,1-4H3,(H,14,16). The zero-order valence-corrected chi connectivity index (χ0v) is 11.6. The first-order chi connectivity index (χ1) is 8.25. The van der Waals surface area contributed by atoms with E-state index in [2.05, 4.69) is 5.32 Å². The van der Waals surface area contributed by atoms with Crippen LogP contribution in [0.3, 0.4) is 0 Å². The minimum Gasteiger partial charge on any atom is -0.376 e. The Labute approximate surface area is 108 Å². The van der Waals surface area contributed by atoms with Crippen molar-refractivity contribution in [2.75, 3.05) is 13.2 Å². The maximum Gasteiger partial charge on any atom is 0.248 e. The molecule has 2 amide bonds. The first-order valence-electron chi connectivity index (χ1n) is 6.51. The molecule has 5 heteroatoms. The number of hydrogen-bond donors (Lipinski definition) is 1. The first kappa shape index (κ1) is 13.3. The normalized spacial score (nSPS) is 30.4. The van der Waals surface area contributed by atoms with Gasteiger partial charge in [-0.25, -0.2) is 0 Å². The predicted octanol–water partition coefficient (Wildman–Crippen LogP) is 0.681. The molecular weight excluding hydrogens is 232 g/mol. The van der Waals surface area contributed by atoms with Gasteiger partial charge in [0.05, 0.1) is 6.10 Å². The minimum absolute atomic E-state index is 0.0393. The average Bonchev–Trinajstić information content (AvgIpc) is 2.75. The van der Waals surface area contributed by atoms with Crippen LogP contribution in [0.4, 0.5) is 0 Å². The monoisotopic (exact) mass is 254 g/mol. The van der Waals surface area contributed by atoms with Crippen LogP contribution in [0.2, 0.25) is 0 Å². The number of nitrogens with one attached hydrogen (secondary N) is 1. The van der Waals surface area contributed by atoms with E-state index in [1.807, 2.05) is 0 Å². The molecule has 18 heavy (non-hydrogen) atoms. The van der Waals surface area contributed by atoms with E-state index >= 15 is 0 Å². The van der Waals surface area contributed by atoms with Gasteiger partial charge in [0.25, 0.3) is 0 Å². The molecule has 0 aliphatic carbocycles. The van der Waals surface area contributed by atoms with E-state index in [1.54, 1.807) is 32.6 Å². The van der Waals surface area contributed by atoms with E-state index in [0.29, 0.717) is 6.54 Å². The second-order valence-corrected chi connectivity index (χ2v) is 6.19. The Morgan fingerprint density at radius 1 is 1.33 bits per heavy atom. The molecule has 2 heterocycles. The van der Waals surface area contributed by atoms with E-state index in [9.17, 15) is 9.59 Å². The van der Waals surface area contributed by atoms with Crippen molar-refractivity contribution in [3.05, 3.63) is 0 Å². The highest BCUT2D eigenvalue weighted by molar-refractivity contribution is 6.01. The van der Waals surface area contributed by atoms with Crippen molar-refractivity contribution in [3.8, 4) is 0 Å². The molecular formula is C13H22N2O3. The molecule has 2 aliphatic rings. The molecule has 0 aromatic heterocycles. The summed E-state index contributed by atoms with van der Waals surface area (Å²) in [4.78, 5) is 26.2. The molecule has 2 saturated heterocycles. The third-order valence-electron chi connectivity index (χ3n) is 3.85. The molecule has 0 saturated carbocycles. The average molecular weight is 254 g/mol. The van der Waals surface area contributed by atoms with Crippen molar-refractivity contribution in [3.63, 3.8) is 0 Å². The van der Waals surface area contributed by atoms with E-state index in [0.717, 1.165) is 19.4 Å². The number of piperazine rings is 1. The number of ether oxygens (including phenoxy) is 1. The minimum atomic E-state index is -0.828. The Kier molecular flexibility index (Phi) is 3.13. The molecule has 0 aromatic carbocycles. The molecule has 1 atom stereocenters. The maximum absolute atomic E-state index is 12.5. The summed E-state index contributed by atoms with van der Waals surface area (Å²) in [5.74, 6) is -0.146. The number of nitrogens with zero attached hydrogens (tertiary/aromatic N) is 1. The summed E-state index contributed by atoms with van der Waals surface area (Å²) in [6.45, 7) is 8.30. The first-order valence-corrected chi connectivity index (χ1v) is 6.51. The molecule has 1 N–H and O–H groups in total. The lowest BCUT2D eigenvalue weighted by Crippen LogP contribution is -2.73. The van der Waals surface area contributed by atoms with Gasteiger partial charge < -0.3 is 15.0 Å². The number of amides is 2. The molecule has 0 spiro atoms. The van der Waals surface area contributed by atoms with Gasteiger partial charge >= 0.3 is 0 Å². The van der Waals surface area contributed by atoms with Gasteiger partial charge in [0, 0.05) is 13.2 Å². The Morgan fingerprint density at radius 2 is 2.00 bits per heavy atom. The molecule has 0 radical (unpaired) electrons. The van der Waals surface area contributed by atoms with Gasteiger partial charge in [-0.3, -0.25) is 9.59 Å². The van der Waals surface area contributed by atoms with E-state index in [4.69, 9.17) is 4.74 Å². The highest BCUT2D eigenvalue weighted by Gasteiger charge is 2.50. The van der Waals surface area contributed by atoms with Crippen LogP contribution in [-0.4, -0.2) is 47.0 Å². The number of carbonyl (C=O) groups is 2. The summed E-state index contributed by atoms with van der Waals surface area (Å²) in [6, 6.07) is 0. The van der Waals surface area contributed by atoms with Crippen LogP contribution in [-0.2, 0) is 14.3 Å². The van der Waals surface area contributed by atoms with Gasteiger partial charge in [0.2, 0.25) is 11.8 Å². The summed E-state index contributed by atoms with van der Waals surface area (Å²) in [7, 11) is 0. The summed E-state index contributed by atoms with van der Waals surface area (Å²) in [5.41, 5.74) is -1.64. The number of rotatable bonds is 2. The highest BCUT2D eigenvalue weighted by Crippen LogP contribution is 2.27. The van der Waals surface area contributed by atoms with Crippen LogP contribution < -0.4 is 5.32 Å². The van der Waals surface area contributed by atoms with Crippen LogP contribution >= 0.6 is 0 Å². The third-order valence-corrected chi connectivity index (χ3v) is 3.85. The fraction of sp³-hybridized carbons (Fsp3) is 0.846. The third kappa shape index (κ3) is 2.11. The second-order valence-electron chi connectivity index (χ2n) is 6.19. The van der Waals surface area contributed by atoms with Crippen LogP contribution in [0.15, 0.2) is 0 Å². The fourth-order valence-corrected chi connectivity index (χ4v) is 2.51. The predicted molar refractivity (Wildman–Crippen MR) is 67.0 cm³/mol. The summed E-state index contributed by atoms with van der Waals surface area (Å²) in [6.07, 6.45) is 2.06. The van der Waals surface area contributed by atoms with Gasteiger partial charge in [0.1, 0.15) is 11.1 Å². The van der Waals surface area contributed by atoms with Crippen molar-refractivity contribution in [1.29, 1.82) is 0 Å². The largest absolute Gasteiger partial charge is 0.376 e. The molecule has 1 unspecified atom stereocenters. The quantitative estimate of drug-likeness (QED) is 0.788. The molecule has 0 aromatic rings.